The molecular formula is C26H23BrCl2N4O. The topological polar surface area (TPSA) is 50.2 Å². The number of likely N-dealkylation sites (tertiary alicyclic amines) is 1. The number of halogens is 3. The standard InChI is InChI=1S/C26H23BrCl2N4O/c27-18-8-10-19(11-9-18)33-23-7-2-1-5-21(23)30-24(33)16-32-14-12-17(13-15-32)26(34)31-22-6-3-4-20(28)25(22)29/h1-11,17H,12-16H2,(H,31,34). The Hall–Kier alpha value is -2.38. The Kier molecular flexibility index (Phi) is 6.93. The molecule has 5 rings (SSSR count). The zero-order valence-corrected chi connectivity index (χ0v) is 21.4. The summed E-state index contributed by atoms with van der Waals surface area (Å²) in [5, 5.41) is 3.75. The van der Waals surface area contributed by atoms with Gasteiger partial charge in [0.15, 0.2) is 0 Å². The molecule has 3 aromatic carbocycles. The number of anilines is 1. The fourth-order valence-corrected chi connectivity index (χ4v) is 5.06. The third kappa shape index (κ3) is 4.86. The summed E-state index contributed by atoms with van der Waals surface area (Å²) >= 11 is 15.8. The predicted octanol–water partition coefficient (Wildman–Crippen LogP) is 6.95. The highest BCUT2D eigenvalue weighted by molar-refractivity contribution is 9.10. The number of imidazole rings is 1. The average molecular weight is 558 g/mol. The SMILES string of the molecule is O=C(Nc1cccc(Cl)c1Cl)C1CCN(Cc2nc3ccccc3n2-c2ccc(Br)cc2)CC1. The van der Waals surface area contributed by atoms with E-state index in [4.69, 9.17) is 28.2 Å². The highest BCUT2D eigenvalue weighted by Crippen LogP contribution is 2.31. The van der Waals surface area contributed by atoms with Crippen molar-refractivity contribution in [3.05, 3.63) is 87.1 Å². The molecule has 0 saturated carbocycles. The predicted molar refractivity (Wildman–Crippen MR) is 142 cm³/mol. The van der Waals surface area contributed by atoms with Crippen LogP contribution in [-0.2, 0) is 11.3 Å². The normalized spacial score (nSPS) is 15.0. The number of fused-ring (bicyclic) bond motifs is 1. The summed E-state index contributed by atoms with van der Waals surface area (Å²) in [5.41, 5.74) is 3.71. The van der Waals surface area contributed by atoms with Crippen molar-refractivity contribution >= 4 is 61.8 Å². The second-order valence-electron chi connectivity index (χ2n) is 8.47. The van der Waals surface area contributed by atoms with Gasteiger partial charge < -0.3 is 5.32 Å². The minimum Gasteiger partial charge on any atom is -0.324 e. The van der Waals surface area contributed by atoms with Gasteiger partial charge in [0.2, 0.25) is 5.91 Å². The van der Waals surface area contributed by atoms with Crippen LogP contribution in [0.3, 0.4) is 0 Å². The van der Waals surface area contributed by atoms with E-state index >= 15 is 0 Å². The van der Waals surface area contributed by atoms with Gasteiger partial charge in [-0.05, 0) is 74.5 Å². The van der Waals surface area contributed by atoms with Crippen molar-refractivity contribution in [2.75, 3.05) is 18.4 Å². The third-order valence-corrected chi connectivity index (χ3v) is 7.60. The molecule has 0 bridgehead atoms. The van der Waals surface area contributed by atoms with Gasteiger partial charge in [-0.25, -0.2) is 4.98 Å². The van der Waals surface area contributed by atoms with Gasteiger partial charge in [0, 0.05) is 16.1 Å². The molecule has 4 aromatic rings. The summed E-state index contributed by atoms with van der Waals surface area (Å²) in [5.74, 6) is 0.930. The molecule has 1 amide bonds. The molecule has 1 aliphatic rings. The van der Waals surface area contributed by atoms with Crippen molar-refractivity contribution in [1.29, 1.82) is 0 Å². The van der Waals surface area contributed by atoms with Crippen molar-refractivity contribution in [3.63, 3.8) is 0 Å². The molecule has 0 radical (unpaired) electrons. The number of amides is 1. The molecule has 1 aromatic heterocycles. The lowest BCUT2D eigenvalue weighted by Crippen LogP contribution is -2.38. The Morgan fingerprint density at radius 2 is 1.74 bits per heavy atom. The highest BCUT2D eigenvalue weighted by Gasteiger charge is 2.27. The lowest BCUT2D eigenvalue weighted by molar-refractivity contribution is -0.121. The monoisotopic (exact) mass is 556 g/mol. The summed E-state index contributed by atoms with van der Waals surface area (Å²) in [6.45, 7) is 2.37. The summed E-state index contributed by atoms with van der Waals surface area (Å²) < 4.78 is 3.27. The average Bonchev–Trinajstić information content (AvgIpc) is 3.21. The largest absolute Gasteiger partial charge is 0.324 e. The first-order valence-electron chi connectivity index (χ1n) is 11.2. The van der Waals surface area contributed by atoms with Crippen LogP contribution < -0.4 is 5.32 Å². The van der Waals surface area contributed by atoms with Crippen LogP contribution in [-0.4, -0.2) is 33.4 Å². The molecular weight excluding hydrogens is 535 g/mol. The molecule has 8 heteroatoms. The minimum atomic E-state index is -0.0587. The lowest BCUT2D eigenvalue weighted by atomic mass is 9.96. The van der Waals surface area contributed by atoms with Gasteiger partial charge in [-0.3, -0.25) is 14.3 Å². The van der Waals surface area contributed by atoms with E-state index in [-0.39, 0.29) is 11.8 Å². The first-order chi connectivity index (χ1) is 16.5. The Bertz CT molecular complexity index is 1330. The summed E-state index contributed by atoms with van der Waals surface area (Å²) in [6, 6.07) is 21.8. The Morgan fingerprint density at radius 3 is 2.50 bits per heavy atom. The summed E-state index contributed by atoms with van der Waals surface area (Å²) in [6.07, 6.45) is 1.56. The highest BCUT2D eigenvalue weighted by atomic mass is 79.9. The maximum atomic E-state index is 12.8. The molecule has 0 unspecified atom stereocenters. The number of para-hydroxylation sites is 2. The van der Waals surface area contributed by atoms with Gasteiger partial charge in [-0.1, -0.05) is 57.3 Å². The van der Waals surface area contributed by atoms with Gasteiger partial charge in [0.1, 0.15) is 5.82 Å². The molecule has 0 spiro atoms. The number of nitrogens with one attached hydrogen (secondary N) is 1. The van der Waals surface area contributed by atoms with Crippen molar-refractivity contribution in [2.45, 2.75) is 19.4 Å². The Balaban J connectivity index is 1.29. The maximum absolute atomic E-state index is 12.8. The van der Waals surface area contributed by atoms with Crippen molar-refractivity contribution in [2.24, 2.45) is 5.92 Å². The summed E-state index contributed by atoms with van der Waals surface area (Å²) in [7, 11) is 0. The van der Waals surface area contributed by atoms with Crippen LogP contribution in [0, 0.1) is 5.92 Å². The molecule has 0 atom stereocenters. The molecule has 0 aliphatic carbocycles. The molecule has 174 valence electrons. The molecule has 1 aliphatic heterocycles. The first kappa shape index (κ1) is 23.4. The van der Waals surface area contributed by atoms with Gasteiger partial charge in [0.25, 0.3) is 0 Å². The molecule has 5 nitrogen and oxygen atoms in total. The lowest BCUT2D eigenvalue weighted by Gasteiger charge is -2.31. The third-order valence-electron chi connectivity index (χ3n) is 6.25. The fraction of sp³-hybridized carbons (Fsp3) is 0.231. The molecule has 2 heterocycles. The fourth-order valence-electron chi connectivity index (χ4n) is 4.45. The first-order valence-corrected chi connectivity index (χ1v) is 12.7. The minimum absolute atomic E-state index is 0.00841. The van der Waals surface area contributed by atoms with Crippen LogP contribution in [0.15, 0.2) is 71.2 Å². The number of aromatic nitrogens is 2. The van der Waals surface area contributed by atoms with Crippen LogP contribution in [0.4, 0.5) is 5.69 Å². The number of benzene rings is 3. The smallest absolute Gasteiger partial charge is 0.227 e. The zero-order chi connectivity index (χ0) is 23.7. The van der Waals surface area contributed by atoms with Crippen molar-refractivity contribution < 1.29 is 4.79 Å². The number of hydrogen-bond donors (Lipinski definition) is 1. The van der Waals surface area contributed by atoms with Crippen LogP contribution in [0.2, 0.25) is 10.0 Å². The van der Waals surface area contributed by atoms with E-state index < -0.39 is 0 Å². The van der Waals surface area contributed by atoms with Gasteiger partial charge in [0.05, 0.1) is 33.3 Å². The number of carbonyl (C=O) groups excluding carboxylic acids is 1. The van der Waals surface area contributed by atoms with E-state index in [0.717, 1.165) is 59.5 Å². The van der Waals surface area contributed by atoms with Crippen molar-refractivity contribution in [3.8, 4) is 5.69 Å². The van der Waals surface area contributed by atoms with E-state index in [0.29, 0.717) is 15.7 Å². The molecule has 1 fully saturated rings. The Morgan fingerprint density at radius 1 is 1.00 bits per heavy atom. The van der Waals surface area contributed by atoms with Gasteiger partial charge >= 0.3 is 0 Å². The van der Waals surface area contributed by atoms with Crippen molar-refractivity contribution in [1.82, 2.24) is 14.5 Å². The van der Waals surface area contributed by atoms with E-state index in [2.05, 4.69) is 48.9 Å². The van der Waals surface area contributed by atoms with E-state index in [9.17, 15) is 4.79 Å². The van der Waals surface area contributed by atoms with E-state index in [1.54, 1.807) is 18.2 Å². The van der Waals surface area contributed by atoms with E-state index in [1.165, 1.54) is 0 Å². The maximum Gasteiger partial charge on any atom is 0.227 e. The second kappa shape index (κ2) is 10.1. The van der Waals surface area contributed by atoms with Crippen LogP contribution in [0.25, 0.3) is 16.7 Å². The Labute approximate surface area is 216 Å². The summed E-state index contributed by atoms with van der Waals surface area (Å²) in [4.78, 5) is 20.1. The number of rotatable bonds is 5. The molecule has 1 N–H and O–H groups in total. The number of hydrogen-bond acceptors (Lipinski definition) is 3. The zero-order valence-electron chi connectivity index (χ0n) is 18.3. The van der Waals surface area contributed by atoms with Crippen LogP contribution >= 0.6 is 39.1 Å². The quantitative estimate of drug-likeness (QED) is 0.289. The van der Waals surface area contributed by atoms with E-state index in [1.807, 2.05) is 30.3 Å². The molecule has 34 heavy (non-hydrogen) atoms. The molecule has 1 saturated heterocycles. The van der Waals surface area contributed by atoms with Crippen LogP contribution in [0.1, 0.15) is 18.7 Å². The van der Waals surface area contributed by atoms with Gasteiger partial charge in [-0.15, -0.1) is 0 Å². The number of nitrogens with zero attached hydrogens (tertiary/aromatic N) is 3. The number of carbonyl (C=O) groups is 1. The number of piperidine rings is 1. The second-order valence-corrected chi connectivity index (χ2v) is 10.2. The van der Waals surface area contributed by atoms with Crippen LogP contribution in [0.5, 0.6) is 0 Å². The van der Waals surface area contributed by atoms with Gasteiger partial charge in [-0.2, -0.15) is 0 Å².